The van der Waals surface area contributed by atoms with Crippen molar-refractivity contribution < 1.29 is 36.7 Å². The molecule has 2 amide bonds. The topological polar surface area (TPSA) is 140 Å². The third kappa shape index (κ3) is 9.74. The smallest absolute Gasteiger partial charge is 0.408 e. The maximum Gasteiger partial charge on any atom is 0.408 e. The number of hydrogen-bond donors (Lipinski definition) is 3. The minimum Gasteiger partial charge on any atom is -0.459 e. The number of halogens is 1. The van der Waals surface area contributed by atoms with E-state index >= 15 is 0 Å². The zero-order chi connectivity index (χ0) is 28.3. The van der Waals surface area contributed by atoms with Gasteiger partial charge < -0.3 is 14.8 Å². The summed E-state index contributed by atoms with van der Waals surface area (Å²) < 4.78 is 47.8. The number of benzene rings is 3. The summed E-state index contributed by atoms with van der Waals surface area (Å²) in [7, 11) is -3.60. The molecular weight excluding hydrogens is 529 g/mol. The van der Waals surface area contributed by atoms with E-state index in [1.807, 2.05) is 12.1 Å². The maximum atomic E-state index is 14.2. The van der Waals surface area contributed by atoms with E-state index in [0.29, 0.717) is 0 Å². The van der Waals surface area contributed by atoms with Crippen LogP contribution in [-0.2, 0) is 42.1 Å². The van der Waals surface area contributed by atoms with Crippen LogP contribution < -0.4 is 16.2 Å². The van der Waals surface area contributed by atoms with Crippen LogP contribution in [0.1, 0.15) is 24.0 Å². The molecule has 39 heavy (non-hydrogen) atoms. The van der Waals surface area contributed by atoms with E-state index in [9.17, 15) is 27.2 Å². The number of nitrogens with one attached hydrogen (secondary N) is 3. The molecule has 0 heterocycles. The third-order valence-corrected chi connectivity index (χ3v) is 6.49. The van der Waals surface area contributed by atoms with Gasteiger partial charge in [0, 0.05) is 12.7 Å². The van der Waals surface area contributed by atoms with Gasteiger partial charge in [-0.05, 0) is 35.7 Å². The summed E-state index contributed by atoms with van der Waals surface area (Å²) in [6.45, 7) is -0.0556. The van der Waals surface area contributed by atoms with Crippen LogP contribution in [0, 0.1) is 5.82 Å². The molecule has 0 saturated carbocycles. The van der Waals surface area contributed by atoms with Crippen molar-refractivity contribution in [2.75, 3.05) is 11.7 Å². The molecule has 12 heteroatoms. The lowest BCUT2D eigenvalue weighted by Gasteiger charge is -2.18. The Balaban J connectivity index is 1.56. The van der Waals surface area contributed by atoms with E-state index in [2.05, 4.69) is 16.2 Å². The number of hydrogen-bond acceptors (Lipinski definition) is 8. The van der Waals surface area contributed by atoms with E-state index in [-0.39, 0.29) is 36.6 Å². The Bertz CT molecular complexity index is 1390. The van der Waals surface area contributed by atoms with Crippen molar-refractivity contribution >= 4 is 33.5 Å². The van der Waals surface area contributed by atoms with Gasteiger partial charge in [0.2, 0.25) is 5.91 Å². The second-order valence-electron chi connectivity index (χ2n) is 8.48. The van der Waals surface area contributed by atoms with Gasteiger partial charge in [-0.25, -0.2) is 22.4 Å². The predicted molar refractivity (Wildman–Crippen MR) is 140 cm³/mol. The molecule has 0 radical (unpaired) electrons. The molecular formula is C27H28FN3O7S. The van der Waals surface area contributed by atoms with Gasteiger partial charge in [0.25, 0.3) is 0 Å². The molecule has 3 aromatic rings. The summed E-state index contributed by atoms with van der Waals surface area (Å²) in [6, 6.07) is 19.9. The standard InChI is InChI=1S/C27H28FN3O7S/c1-39(35,36)21-12-13-23(22(28)16-21)30-31-25(32)15-14-24(26(33)37-17-19-8-4-2-5-9-19)29-27(34)38-18-20-10-6-3-7-11-20/h2-13,16,24,30H,14-15,17-18H2,1H3,(H,29,34)(H,31,32)/t24-/m0/s1. The summed E-state index contributed by atoms with van der Waals surface area (Å²) in [5.74, 6) is -2.27. The van der Waals surface area contributed by atoms with Gasteiger partial charge in [-0.2, -0.15) is 0 Å². The van der Waals surface area contributed by atoms with Gasteiger partial charge in [-0.1, -0.05) is 60.7 Å². The molecule has 3 rings (SSSR count). The number of ether oxygens (including phenoxy) is 2. The number of carbonyl (C=O) groups excluding carboxylic acids is 3. The molecule has 0 fully saturated rings. The Kier molecular flexibility index (Phi) is 10.4. The highest BCUT2D eigenvalue weighted by atomic mass is 32.2. The Morgan fingerprint density at radius 2 is 1.46 bits per heavy atom. The summed E-state index contributed by atoms with van der Waals surface area (Å²) in [5.41, 5.74) is 5.98. The largest absolute Gasteiger partial charge is 0.459 e. The fourth-order valence-corrected chi connectivity index (χ4v) is 3.92. The maximum absolute atomic E-state index is 14.2. The fourth-order valence-electron chi connectivity index (χ4n) is 3.29. The van der Waals surface area contributed by atoms with Gasteiger partial charge in [0.15, 0.2) is 9.84 Å². The van der Waals surface area contributed by atoms with Crippen molar-refractivity contribution in [3.63, 3.8) is 0 Å². The van der Waals surface area contributed by atoms with E-state index in [0.717, 1.165) is 23.4 Å². The first-order chi connectivity index (χ1) is 18.6. The van der Waals surface area contributed by atoms with E-state index < -0.39 is 39.7 Å². The van der Waals surface area contributed by atoms with Gasteiger partial charge in [-0.3, -0.25) is 15.6 Å². The normalized spacial score (nSPS) is 11.6. The molecule has 206 valence electrons. The summed E-state index contributed by atoms with van der Waals surface area (Å²) in [6.07, 6.45) is -0.312. The molecule has 0 unspecified atom stereocenters. The Morgan fingerprint density at radius 3 is 2.03 bits per heavy atom. The molecule has 0 aromatic heterocycles. The van der Waals surface area contributed by atoms with Crippen molar-refractivity contribution in [1.82, 2.24) is 10.7 Å². The zero-order valence-electron chi connectivity index (χ0n) is 21.1. The monoisotopic (exact) mass is 557 g/mol. The lowest BCUT2D eigenvalue weighted by atomic mass is 10.1. The van der Waals surface area contributed by atoms with Gasteiger partial charge in [-0.15, -0.1) is 0 Å². The quantitative estimate of drug-likeness (QED) is 0.227. The number of hydrazine groups is 1. The van der Waals surface area contributed by atoms with E-state index in [4.69, 9.17) is 9.47 Å². The molecule has 10 nitrogen and oxygen atoms in total. The molecule has 0 spiro atoms. The highest BCUT2D eigenvalue weighted by molar-refractivity contribution is 7.90. The molecule has 0 aliphatic carbocycles. The van der Waals surface area contributed by atoms with Crippen LogP contribution >= 0.6 is 0 Å². The number of anilines is 1. The second kappa shape index (κ2) is 13.9. The predicted octanol–water partition coefficient (Wildman–Crippen LogP) is 3.49. The number of sulfone groups is 1. The molecule has 0 bridgehead atoms. The molecule has 0 aliphatic rings. The van der Waals surface area contributed by atoms with Crippen LogP contribution in [0.4, 0.5) is 14.9 Å². The molecule has 3 aromatic carbocycles. The SMILES string of the molecule is CS(=O)(=O)c1ccc(NNC(=O)CC[C@H](NC(=O)OCc2ccccc2)C(=O)OCc2ccccc2)c(F)c1. The first-order valence-electron chi connectivity index (χ1n) is 11.8. The number of rotatable bonds is 12. The number of esters is 1. The third-order valence-electron chi connectivity index (χ3n) is 5.38. The average Bonchev–Trinajstić information content (AvgIpc) is 2.92. The average molecular weight is 558 g/mol. The second-order valence-corrected chi connectivity index (χ2v) is 10.5. The van der Waals surface area contributed by atoms with Crippen LogP contribution in [0.3, 0.4) is 0 Å². The van der Waals surface area contributed by atoms with Gasteiger partial charge >= 0.3 is 12.1 Å². The lowest BCUT2D eigenvalue weighted by Crippen LogP contribution is -2.43. The summed E-state index contributed by atoms with van der Waals surface area (Å²) in [5, 5.41) is 2.43. The number of amides is 2. The Morgan fingerprint density at radius 1 is 0.872 bits per heavy atom. The van der Waals surface area contributed by atoms with Gasteiger partial charge in [0.1, 0.15) is 25.1 Å². The van der Waals surface area contributed by atoms with E-state index in [1.54, 1.807) is 48.5 Å². The number of carbonyl (C=O) groups is 3. The summed E-state index contributed by atoms with van der Waals surface area (Å²) >= 11 is 0. The molecule has 3 N–H and O–H groups in total. The van der Waals surface area contributed by atoms with E-state index in [1.165, 1.54) is 12.1 Å². The van der Waals surface area contributed by atoms with Crippen LogP contribution in [0.2, 0.25) is 0 Å². The Labute approximate surface area is 225 Å². The zero-order valence-corrected chi connectivity index (χ0v) is 21.9. The van der Waals surface area contributed by atoms with Crippen LogP contribution in [0.15, 0.2) is 83.8 Å². The number of alkyl carbamates (subject to hydrolysis) is 1. The minimum absolute atomic E-state index is 0.0213. The van der Waals surface area contributed by atoms with Gasteiger partial charge in [0.05, 0.1) is 10.6 Å². The highest BCUT2D eigenvalue weighted by Crippen LogP contribution is 2.18. The van der Waals surface area contributed by atoms with Crippen molar-refractivity contribution in [3.05, 3.63) is 95.8 Å². The lowest BCUT2D eigenvalue weighted by molar-refractivity contribution is -0.147. The molecule has 0 aliphatic heterocycles. The molecule has 1 atom stereocenters. The minimum atomic E-state index is -3.60. The fraction of sp³-hybridized carbons (Fsp3) is 0.222. The first kappa shape index (κ1) is 29.1. The summed E-state index contributed by atoms with van der Waals surface area (Å²) in [4.78, 5) is 37.3. The van der Waals surface area contributed by atoms with Crippen LogP contribution in [0.25, 0.3) is 0 Å². The molecule has 0 saturated heterocycles. The van der Waals surface area contributed by atoms with Crippen molar-refractivity contribution in [1.29, 1.82) is 0 Å². The van der Waals surface area contributed by atoms with Crippen LogP contribution in [-0.4, -0.2) is 38.7 Å². The van der Waals surface area contributed by atoms with Crippen molar-refractivity contribution in [3.8, 4) is 0 Å². The Hall–Kier alpha value is -4.45. The van der Waals surface area contributed by atoms with Crippen molar-refractivity contribution in [2.24, 2.45) is 0 Å². The van der Waals surface area contributed by atoms with Crippen molar-refractivity contribution in [2.45, 2.75) is 37.0 Å². The first-order valence-corrected chi connectivity index (χ1v) is 13.7. The highest BCUT2D eigenvalue weighted by Gasteiger charge is 2.24. The van der Waals surface area contributed by atoms with Crippen LogP contribution in [0.5, 0.6) is 0 Å².